The van der Waals surface area contributed by atoms with Gasteiger partial charge >= 0.3 is 0 Å². The Morgan fingerprint density at radius 2 is 1.65 bits per heavy atom. The molecule has 2 saturated carbocycles. The van der Waals surface area contributed by atoms with Gasteiger partial charge in [-0.3, -0.25) is 4.90 Å². The Kier molecular flexibility index (Phi) is 5.39. The highest BCUT2D eigenvalue weighted by Crippen LogP contribution is 2.36. The number of hydrogen-bond acceptors (Lipinski definition) is 2. The fraction of sp³-hybridized carbons (Fsp3) is 1.00. The van der Waals surface area contributed by atoms with Crippen LogP contribution in [0, 0.1) is 11.8 Å². The highest BCUT2D eigenvalue weighted by Gasteiger charge is 2.35. The molecule has 3 aliphatic rings. The van der Waals surface area contributed by atoms with Gasteiger partial charge in [0.05, 0.1) is 0 Å². The summed E-state index contributed by atoms with van der Waals surface area (Å²) in [7, 11) is 0. The van der Waals surface area contributed by atoms with Gasteiger partial charge in [0.2, 0.25) is 0 Å². The number of nitrogens with zero attached hydrogens (tertiary/aromatic N) is 1. The number of nitrogens with one attached hydrogen (secondary N) is 1. The molecule has 1 unspecified atom stereocenters. The van der Waals surface area contributed by atoms with Crippen LogP contribution in [0.15, 0.2) is 0 Å². The zero-order valence-corrected chi connectivity index (χ0v) is 13.4. The maximum Gasteiger partial charge on any atom is 0.0223 e. The highest BCUT2D eigenvalue weighted by molar-refractivity contribution is 4.91. The minimum Gasteiger partial charge on any atom is -0.313 e. The number of rotatable bonds is 5. The number of piperidine rings is 1. The molecule has 0 aromatic carbocycles. The van der Waals surface area contributed by atoms with Crippen LogP contribution in [0.3, 0.4) is 0 Å². The second-order valence-electron chi connectivity index (χ2n) is 7.46. The third-order valence-corrected chi connectivity index (χ3v) is 6.22. The molecule has 1 heterocycles. The maximum atomic E-state index is 3.83. The van der Waals surface area contributed by atoms with Crippen molar-refractivity contribution in [2.24, 2.45) is 11.8 Å². The van der Waals surface area contributed by atoms with Crippen LogP contribution in [0.25, 0.3) is 0 Å². The van der Waals surface area contributed by atoms with E-state index in [4.69, 9.17) is 0 Å². The van der Waals surface area contributed by atoms with Gasteiger partial charge in [0.25, 0.3) is 0 Å². The molecule has 2 nitrogen and oxygen atoms in total. The summed E-state index contributed by atoms with van der Waals surface area (Å²) < 4.78 is 0. The van der Waals surface area contributed by atoms with Crippen LogP contribution >= 0.6 is 0 Å². The zero-order chi connectivity index (χ0) is 13.8. The summed E-state index contributed by atoms with van der Waals surface area (Å²) in [6.07, 6.45) is 14.8. The Balaban J connectivity index is 1.60. The van der Waals surface area contributed by atoms with Crippen molar-refractivity contribution in [3.63, 3.8) is 0 Å². The number of hydrogen-bond donors (Lipinski definition) is 1. The van der Waals surface area contributed by atoms with Crippen LogP contribution in [0.1, 0.15) is 71.1 Å². The van der Waals surface area contributed by atoms with Gasteiger partial charge in [-0.25, -0.2) is 0 Å². The van der Waals surface area contributed by atoms with Crippen molar-refractivity contribution < 1.29 is 0 Å². The van der Waals surface area contributed by atoms with Gasteiger partial charge in [-0.15, -0.1) is 0 Å². The molecular formula is C18H34N2. The first-order chi connectivity index (χ1) is 9.88. The largest absolute Gasteiger partial charge is 0.313 e. The molecule has 3 atom stereocenters. The lowest BCUT2D eigenvalue weighted by atomic mass is 9.78. The van der Waals surface area contributed by atoms with Crippen molar-refractivity contribution in [2.75, 3.05) is 19.6 Å². The fourth-order valence-electron chi connectivity index (χ4n) is 5.21. The molecule has 0 aromatic rings. The van der Waals surface area contributed by atoms with Gasteiger partial charge in [0.1, 0.15) is 0 Å². The monoisotopic (exact) mass is 278 g/mol. The third kappa shape index (κ3) is 3.39. The second-order valence-corrected chi connectivity index (χ2v) is 7.46. The van der Waals surface area contributed by atoms with E-state index in [1.807, 2.05) is 0 Å². The molecule has 2 heteroatoms. The van der Waals surface area contributed by atoms with Crippen molar-refractivity contribution in [1.82, 2.24) is 10.2 Å². The molecule has 0 aromatic heterocycles. The van der Waals surface area contributed by atoms with Crippen molar-refractivity contribution >= 4 is 0 Å². The van der Waals surface area contributed by atoms with Gasteiger partial charge < -0.3 is 5.32 Å². The lowest BCUT2D eigenvalue weighted by molar-refractivity contribution is 0.0469. The van der Waals surface area contributed by atoms with E-state index in [9.17, 15) is 0 Å². The predicted molar refractivity (Wildman–Crippen MR) is 86.0 cm³/mol. The van der Waals surface area contributed by atoms with Crippen LogP contribution in [-0.2, 0) is 0 Å². The van der Waals surface area contributed by atoms with Gasteiger partial charge in [-0.1, -0.05) is 32.6 Å². The Bertz CT molecular complexity index is 283. The normalized spacial score (nSPS) is 34.0. The molecule has 2 aliphatic carbocycles. The van der Waals surface area contributed by atoms with E-state index in [1.165, 1.54) is 77.3 Å². The van der Waals surface area contributed by atoms with Crippen LogP contribution in [0.5, 0.6) is 0 Å². The Morgan fingerprint density at radius 3 is 2.45 bits per heavy atom. The molecule has 3 fully saturated rings. The molecule has 3 rings (SSSR count). The van der Waals surface area contributed by atoms with Crippen LogP contribution in [0.4, 0.5) is 0 Å². The Hall–Kier alpha value is -0.0800. The van der Waals surface area contributed by atoms with E-state index in [-0.39, 0.29) is 0 Å². The third-order valence-electron chi connectivity index (χ3n) is 6.22. The average molecular weight is 278 g/mol. The number of likely N-dealkylation sites (tertiary alicyclic amines) is 1. The van der Waals surface area contributed by atoms with E-state index in [1.54, 1.807) is 0 Å². The summed E-state index contributed by atoms with van der Waals surface area (Å²) >= 11 is 0. The molecule has 0 spiro atoms. The van der Waals surface area contributed by atoms with Crippen LogP contribution in [-0.4, -0.2) is 36.6 Å². The molecule has 0 radical (unpaired) electrons. The predicted octanol–water partition coefficient (Wildman–Crippen LogP) is 3.81. The average Bonchev–Trinajstić information content (AvgIpc) is 3.01. The maximum absolute atomic E-state index is 3.83. The molecule has 116 valence electrons. The Labute approximate surface area is 125 Å². The molecular weight excluding hydrogens is 244 g/mol. The summed E-state index contributed by atoms with van der Waals surface area (Å²) in [5.74, 6) is 1.99. The molecule has 1 saturated heterocycles. The number of fused-ring (bicyclic) bond motifs is 1. The number of likely N-dealkylation sites (N-methyl/N-ethyl adjacent to an activating group) is 1. The first kappa shape index (κ1) is 14.8. The van der Waals surface area contributed by atoms with Gasteiger partial charge in [0.15, 0.2) is 0 Å². The van der Waals surface area contributed by atoms with Crippen LogP contribution in [0.2, 0.25) is 0 Å². The first-order valence-electron chi connectivity index (χ1n) is 9.36. The molecule has 1 aliphatic heterocycles. The lowest BCUT2D eigenvalue weighted by Crippen LogP contribution is -2.53. The fourth-order valence-corrected chi connectivity index (χ4v) is 5.21. The quantitative estimate of drug-likeness (QED) is 0.822. The van der Waals surface area contributed by atoms with Crippen molar-refractivity contribution in [3.05, 3.63) is 0 Å². The summed E-state index contributed by atoms with van der Waals surface area (Å²) in [6, 6.07) is 1.70. The Morgan fingerprint density at radius 1 is 0.950 bits per heavy atom. The topological polar surface area (TPSA) is 15.3 Å². The molecule has 0 amide bonds. The van der Waals surface area contributed by atoms with Gasteiger partial charge in [-0.05, 0) is 63.5 Å². The minimum atomic E-state index is 0.767. The SMILES string of the molecule is CCNC(CN1CCC[C@H]2CCCC[C@H]21)C1CCCC1. The van der Waals surface area contributed by atoms with Crippen molar-refractivity contribution in [1.29, 1.82) is 0 Å². The molecule has 1 N–H and O–H groups in total. The summed E-state index contributed by atoms with van der Waals surface area (Å²) in [4.78, 5) is 2.89. The van der Waals surface area contributed by atoms with E-state index in [0.717, 1.165) is 30.5 Å². The van der Waals surface area contributed by atoms with Crippen LogP contribution < -0.4 is 5.32 Å². The van der Waals surface area contributed by atoms with Crippen molar-refractivity contribution in [2.45, 2.75) is 83.2 Å². The second kappa shape index (κ2) is 7.26. The smallest absolute Gasteiger partial charge is 0.0223 e. The van der Waals surface area contributed by atoms with Crippen molar-refractivity contribution in [3.8, 4) is 0 Å². The molecule has 20 heavy (non-hydrogen) atoms. The van der Waals surface area contributed by atoms with E-state index < -0.39 is 0 Å². The van der Waals surface area contributed by atoms with E-state index >= 15 is 0 Å². The first-order valence-corrected chi connectivity index (χ1v) is 9.36. The summed E-state index contributed by atoms with van der Waals surface area (Å²) in [5, 5.41) is 3.83. The lowest BCUT2D eigenvalue weighted by Gasteiger charge is -2.46. The van der Waals surface area contributed by atoms with E-state index in [2.05, 4.69) is 17.1 Å². The zero-order valence-electron chi connectivity index (χ0n) is 13.4. The summed E-state index contributed by atoms with van der Waals surface area (Å²) in [6.45, 7) is 6.13. The van der Waals surface area contributed by atoms with E-state index in [0.29, 0.717) is 0 Å². The van der Waals surface area contributed by atoms with Gasteiger partial charge in [-0.2, -0.15) is 0 Å². The molecule has 0 bridgehead atoms. The van der Waals surface area contributed by atoms with Gasteiger partial charge in [0, 0.05) is 18.6 Å². The summed E-state index contributed by atoms with van der Waals surface area (Å²) in [5.41, 5.74) is 0. The minimum absolute atomic E-state index is 0.767. The standard InChI is InChI=1S/C18H34N2/c1-2-19-17(15-8-3-4-9-15)14-20-13-7-11-16-10-5-6-12-18(16)20/h15-19H,2-14H2,1H3/t16-,17?,18-/m1/s1. The highest BCUT2D eigenvalue weighted by atomic mass is 15.2.